The Balaban J connectivity index is 1.41. The minimum absolute atomic E-state index is 0.0601. The van der Waals surface area contributed by atoms with Gasteiger partial charge in [-0.2, -0.15) is 0 Å². The van der Waals surface area contributed by atoms with E-state index in [1.165, 1.54) is 5.39 Å². The zero-order chi connectivity index (χ0) is 31.3. The lowest BCUT2D eigenvalue weighted by Gasteiger charge is -2.46. The Hall–Kier alpha value is -5.31. The maximum atomic E-state index is 14.9. The minimum atomic E-state index is -1.58. The van der Waals surface area contributed by atoms with Crippen LogP contribution >= 0.6 is 0 Å². The van der Waals surface area contributed by atoms with Crippen molar-refractivity contribution in [3.05, 3.63) is 186 Å². The van der Waals surface area contributed by atoms with Crippen molar-refractivity contribution in [3.8, 4) is 0 Å². The van der Waals surface area contributed by atoms with Gasteiger partial charge in [0.05, 0.1) is 5.92 Å². The van der Waals surface area contributed by atoms with Crippen molar-refractivity contribution in [1.29, 1.82) is 0 Å². The van der Waals surface area contributed by atoms with Gasteiger partial charge in [0.2, 0.25) is 0 Å². The van der Waals surface area contributed by atoms with Crippen molar-refractivity contribution in [1.82, 2.24) is 0 Å². The molecule has 0 aliphatic heterocycles. The largest absolute Gasteiger partial charge is 0.380 e. The molecule has 0 unspecified atom stereocenters. The first kappa shape index (κ1) is 28.2. The summed E-state index contributed by atoms with van der Waals surface area (Å²) < 4.78 is 0. The quantitative estimate of drug-likeness (QED) is 0.201. The predicted molar refractivity (Wildman–Crippen MR) is 190 cm³/mol. The number of hydrogen-bond donors (Lipinski definition) is 1. The second kappa shape index (κ2) is 11.2. The number of aliphatic hydroxyl groups is 1. The van der Waals surface area contributed by atoms with Crippen molar-refractivity contribution in [3.63, 3.8) is 0 Å². The number of Topliss-reactive ketones (excluding diaryl/α,β-unsaturated/α-hetero) is 1. The Morgan fingerprint density at radius 2 is 1.09 bits per heavy atom. The maximum Gasteiger partial charge on any atom is 0.170 e. The molecule has 2 nitrogen and oxygen atoms in total. The van der Waals surface area contributed by atoms with E-state index in [4.69, 9.17) is 0 Å². The van der Waals surface area contributed by atoms with Crippen LogP contribution in [0.15, 0.2) is 164 Å². The van der Waals surface area contributed by atoms with Crippen molar-refractivity contribution in [2.24, 2.45) is 11.8 Å². The van der Waals surface area contributed by atoms with Gasteiger partial charge in [0.15, 0.2) is 5.78 Å². The molecule has 0 heterocycles. The minimum Gasteiger partial charge on any atom is -0.380 e. The van der Waals surface area contributed by atoms with Crippen LogP contribution in [0, 0.1) is 11.8 Å². The first-order valence-corrected chi connectivity index (χ1v) is 16.0. The molecule has 1 N–H and O–H groups in total. The molecule has 0 saturated heterocycles. The van der Waals surface area contributed by atoms with Gasteiger partial charge in [-0.3, -0.25) is 4.79 Å². The number of carbonyl (C=O) groups excluding carboxylic acids is 1. The van der Waals surface area contributed by atoms with Gasteiger partial charge in [0, 0.05) is 11.5 Å². The molecule has 7 aromatic carbocycles. The highest BCUT2D eigenvalue weighted by Gasteiger charge is 2.52. The van der Waals surface area contributed by atoms with Gasteiger partial charge in [-0.05, 0) is 78.7 Å². The highest BCUT2D eigenvalue weighted by atomic mass is 16.3. The van der Waals surface area contributed by atoms with E-state index in [0.29, 0.717) is 5.56 Å². The number of rotatable bonds is 5. The average molecular weight is 595 g/mol. The first-order valence-electron chi connectivity index (χ1n) is 16.0. The fourth-order valence-electron chi connectivity index (χ4n) is 7.67. The summed E-state index contributed by atoms with van der Waals surface area (Å²) in [7, 11) is 0. The van der Waals surface area contributed by atoms with Crippen LogP contribution in [-0.4, -0.2) is 10.9 Å². The van der Waals surface area contributed by atoms with Crippen molar-refractivity contribution in [2.45, 2.75) is 18.4 Å². The zero-order valence-electron chi connectivity index (χ0n) is 25.7. The standard InChI is InChI=1S/C44H34O2/c1-29-40(37-21-19-30-11-5-8-16-34(30)25-37)28-44(46,39-24-23-32-13-7-10-18-36(32)27-39)42(43(45)33-14-3-2-4-15-33)41(29)38-22-20-31-12-6-9-17-35(31)26-38/h2-29,41-42,46H,1H3/t29-,41+,42-,44+/m0/s1. The average Bonchev–Trinajstić information content (AvgIpc) is 3.11. The molecule has 0 saturated carbocycles. The fourth-order valence-corrected chi connectivity index (χ4v) is 7.67. The molecule has 1 aliphatic rings. The maximum absolute atomic E-state index is 14.9. The van der Waals surface area contributed by atoms with Gasteiger partial charge in [-0.25, -0.2) is 0 Å². The molecule has 46 heavy (non-hydrogen) atoms. The third kappa shape index (κ3) is 4.74. The van der Waals surface area contributed by atoms with Crippen LogP contribution in [0.5, 0.6) is 0 Å². The highest BCUT2D eigenvalue weighted by Crippen LogP contribution is 2.54. The third-order valence-corrected chi connectivity index (χ3v) is 10.0. The number of hydrogen-bond acceptors (Lipinski definition) is 2. The molecule has 4 atom stereocenters. The molecule has 222 valence electrons. The highest BCUT2D eigenvalue weighted by molar-refractivity contribution is 6.01. The summed E-state index contributed by atoms with van der Waals surface area (Å²) in [6.45, 7) is 2.21. The Bertz CT molecular complexity index is 2280. The SMILES string of the molecule is C[C@H]1C(c2ccc3ccccc3c2)=C[C@@](O)(c2ccc3ccccc3c2)[C@H](C(=O)c2ccccc2)[C@H]1c1ccc2ccccc2c1. The van der Waals surface area contributed by atoms with Crippen LogP contribution in [-0.2, 0) is 5.60 Å². The summed E-state index contributed by atoms with van der Waals surface area (Å²) in [5.74, 6) is -1.20. The molecule has 2 heteroatoms. The number of ketones is 1. The summed E-state index contributed by atoms with van der Waals surface area (Å²) in [6.07, 6.45) is 1.99. The topological polar surface area (TPSA) is 37.3 Å². The molecule has 0 bridgehead atoms. The molecular weight excluding hydrogens is 560 g/mol. The summed E-state index contributed by atoms with van der Waals surface area (Å²) in [6, 6.07) is 53.5. The lowest BCUT2D eigenvalue weighted by atomic mass is 9.58. The van der Waals surface area contributed by atoms with Crippen LogP contribution in [0.1, 0.15) is 39.9 Å². The van der Waals surface area contributed by atoms with Crippen LogP contribution in [0.2, 0.25) is 0 Å². The van der Waals surface area contributed by atoms with Crippen LogP contribution in [0.25, 0.3) is 37.9 Å². The summed E-state index contributed by atoms with van der Waals surface area (Å²) in [4.78, 5) is 14.9. The monoisotopic (exact) mass is 594 g/mol. The van der Waals surface area contributed by atoms with Crippen molar-refractivity contribution in [2.75, 3.05) is 0 Å². The van der Waals surface area contributed by atoms with E-state index in [-0.39, 0.29) is 17.6 Å². The fraction of sp³-hybridized carbons (Fsp3) is 0.114. The van der Waals surface area contributed by atoms with E-state index in [1.807, 2.05) is 60.7 Å². The Labute approximate surface area is 269 Å². The first-order chi connectivity index (χ1) is 22.5. The van der Waals surface area contributed by atoms with Gasteiger partial charge in [-0.15, -0.1) is 0 Å². The van der Waals surface area contributed by atoms with Gasteiger partial charge in [0.1, 0.15) is 5.60 Å². The molecule has 0 radical (unpaired) electrons. The molecule has 0 aromatic heterocycles. The van der Waals surface area contributed by atoms with Crippen LogP contribution < -0.4 is 0 Å². The predicted octanol–water partition coefficient (Wildman–Crippen LogP) is 10.3. The number of carbonyl (C=O) groups is 1. The van der Waals surface area contributed by atoms with E-state index in [2.05, 4.69) is 110 Å². The second-order valence-electron chi connectivity index (χ2n) is 12.7. The Morgan fingerprint density at radius 1 is 0.565 bits per heavy atom. The normalized spacial score (nSPS) is 21.3. The number of fused-ring (bicyclic) bond motifs is 3. The zero-order valence-corrected chi connectivity index (χ0v) is 25.7. The molecule has 0 fully saturated rings. The van der Waals surface area contributed by atoms with Crippen LogP contribution in [0.3, 0.4) is 0 Å². The molecule has 1 aliphatic carbocycles. The van der Waals surface area contributed by atoms with Crippen molar-refractivity contribution < 1.29 is 9.90 Å². The van der Waals surface area contributed by atoms with Gasteiger partial charge in [-0.1, -0.05) is 153 Å². The molecule has 7 aromatic rings. The van der Waals surface area contributed by atoms with Gasteiger partial charge in [0.25, 0.3) is 0 Å². The molecular formula is C44H34O2. The summed E-state index contributed by atoms with van der Waals surface area (Å²) >= 11 is 0. The molecule has 8 rings (SSSR count). The van der Waals surface area contributed by atoms with E-state index in [9.17, 15) is 9.90 Å². The third-order valence-electron chi connectivity index (χ3n) is 10.0. The summed E-state index contributed by atoms with van der Waals surface area (Å²) in [5, 5.41) is 20.0. The smallest absolute Gasteiger partial charge is 0.170 e. The van der Waals surface area contributed by atoms with Gasteiger partial charge >= 0.3 is 0 Å². The van der Waals surface area contributed by atoms with Gasteiger partial charge < -0.3 is 5.11 Å². The van der Waals surface area contributed by atoms with E-state index >= 15 is 0 Å². The van der Waals surface area contributed by atoms with Crippen molar-refractivity contribution >= 4 is 43.7 Å². The van der Waals surface area contributed by atoms with E-state index in [1.54, 1.807) is 0 Å². The summed E-state index contributed by atoms with van der Waals surface area (Å²) in [5.41, 5.74) is 2.88. The Morgan fingerprint density at radius 3 is 1.74 bits per heavy atom. The Kier molecular flexibility index (Phi) is 6.89. The molecule has 0 spiro atoms. The van der Waals surface area contributed by atoms with E-state index in [0.717, 1.165) is 49.2 Å². The number of allylic oxidation sites excluding steroid dienone is 1. The lowest BCUT2D eigenvalue weighted by molar-refractivity contribution is 0.00515. The van der Waals surface area contributed by atoms with Crippen LogP contribution in [0.4, 0.5) is 0 Å². The number of benzene rings is 7. The second-order valence-corrected chi connectivity index (χ2v) is 12.7. The molecule has 0 amide bonds. The lowest BCUT2D eigenvalue weighted by Crippen LogP contribution is -2.47. The van der Waals surface area contributed by atoms with E-state index < -0.39 is 11.5 Å².